The van der Waals surface area contributed by atoms with Crippen LogP contribution in [-0.2, 0) is 25.7 Å². The van der Waals surface area contributed by atoms with Crippen LogP contribution in [0, 0.1) is 5.92 Å². The molecule has 2 aromatic carbocycles. The van der Waals surface area contributed by atoms with Crippen LogP contribution in [0.15, 0.2) is 60.7 Å². The van der Waals surface area contributed by atoms with Crippen molar-refractivity contribution in [3.63, 3.8) is 0 Å². The van der Waals surface area contributed by atoms with Gasteiger partial charge in [-0.15, -0.1) is 0 Å². The van der Waals surface area contributed by atoms with E-state index in [1.54, 1.807) is 81.4 Å². The highest BCUT2D eigenvalue weighted by Crippen LogP contribution is 2.35. The molecular formula is C24H27F3O4. The van der Waals surface area contributed by atoms with Crippen molar-refractivity contribution in [2.45, 2.75) is 57.9 Å². The molecule has 0 radical (unpaired) electrons. The fourth-order valence-corrected chi connectivity index (χ4v) is 3.13. The van der Waals surface area contributed by atoms with Crippen LogP contribution in [0.4, 0.5) is 13.2 Å². The van der Waals surface area contributed by atoms with Gasteiger partial charge < -0.3 is 9.47 Å². The van der Waals surface area contributed by atoms with Crippen molar-refractivity contribution >= 4 is 11.9 Å². The molecule has 0 bridgehead atoms. The van der Waals surface area contributed by atoms with Gasteiger partial charge in [-0.25, -0.2) is 0 Å². The Hall–Kier alpha value is -2.83. The lowest BCUT2D eigenvalue weighted by atomic mass is 9.82. The third-order valence-corrected chi connectivity index (χ3v) is 4.49. The molecule has 0 aliphatic rings. The van der Waals surface area contributed by atoms with E-state index in [1.807, 2.05) is 0 Å². The van der Waals surface area contributed by atoms with E-state index in [9.17, 15) is 22.8 Å². The topological polar surface area (TPSA) is 52.6 Å². The number of hydrogen-bond acceptors (Lipinski definition) is 4. The van der Waals surface area contributed by atoms with Gasteiger partial charge in [0, 0.05) is 6.42 Å². The maximum atomic E-state index is 13.0. The molecule has 0 saturated heterocycles. The highest BCUT2D eigenvalue weighted by atomic mass is 19.4. The third kappa shape index (κ3) is 8.44. The summed E-state index contributed by atoms with van der Waals surface area (Å²) in [4.78, 5) is 25.9. The van der Waals surface area contributed by atoms with Gasteiger partial charge in [0.05, 0.1) is 11.8 Å². The zero-order valence-electron chi connectivity index (χ0n) is 17.8. The Morgan fingerprint density at radius 1 is 0.871 bits per heavy atom. The minimum Gasteiger partial charge on any atom is -0.461 e. The van der Waals surface area contributed by atoms with Gasteiger partial charge in [-0.05, 0) is 38.3 Å². The Morgan fingerprint density at radius 3 is 1.94 bits per heavy atom. The maximum absolute atomic E-state index is 13.0. The van der Waals surface area contributed by atoms with Crippen molar-refractivity contribution in [3.8, 4) is 0 Å². The molecule has 2 unspecified atom stereocenters. The molecule has 0 amide bonds. The first-order valence-corrected chi connectivity index (χ1v) is 10.0. The fraction of sp³-hybridized carbons (Fsp3) is 0.417. The molecule has 0 aromatic heterocycles. The lowest BCUT2D eigenvalue weighted by molar-refractivity contribution is -0.168. The van der Waals surface area contributed by atoms with Gasteiger partial charge >= 0.3 is 18.1 Å². The summed E-state index contributed by atoms with van der Waals surface area (Å²) in [6, 6.07) is 17.0. The number of halogens is 3. The molecule has 2 aromatic rings. The molecule has 0 saturated carbocycles. The van der Waals surface area contributed by atoms with Crippen molar-refractivity contribution < 1.29 is 32.2 Å². The Kier molecular flexibility index (Phi) is 8.25. The second-order valence-electron chi connectivity index (χ2n) is 8.28. The largest absolute Gasteiger partial charge is 0.461 e. The Balaban J connectivity index is 2.34. The maximum Gasteiger partial charge on any atom is 0.389 e. The Morgan fingerprint density at radius 2 is 1.42 bits per heavy atom. The van der Waals surface area contributed by atoms with Gasteiger partial charge in [0.25, 0.3) is 0 Å². The smallest absolute Gasteiger partial charge is 0.389 e. The number of ether oxygens (including phenoxy) is 2. The van der Waals surface area contributed by atoms with Gasteiger partial charge in [0.15, 0.2) is 0 Å². The molecule has 0 heterocycles. The zero-order chi connectivity index (χ0) is 23.1. The minimum absolute atomic E-state index is 0.0992. The van der Waals surface area contributed by atoms with Crippen LogP contribution in [0.2, 0.25) is 0 Å². The van der Waals surface area contributed by atoms with E-state index in [-0.39, 0.29) is 6.61 Å². The minimum atomic E-state index is -4.48. The summed E-state index contributed by atoms with van der Waals surface area (Å²) in [6.07, 6.45) is -6.28. The van der Waals surface area contributed by atoms with Crippen molar-refractivity contribution in [2.24, 2.45) is 5.92 Å². The molecule has 2 atom stereocenters. The van der Waals surface area contributed by atoms with Crippen LogP contribution in [0.3, 0.4) is 0 Å². The summed E-state index contributed by atoms with van der Waals surface area (Å²) in [7, 11) is 0. The molecule has 0 spiro atoms. The molecule has 0 fully saturated rings. The average Bonchev–Trinajstić information content (AvgIpc) is 2.68. The first-order valence-electron chi connectivity index (χ1n) is 10.0. The standard InChI is InChI=1S/C24H27F3O4/c1-23(2,3)31-22(29)20(18-12-8-5-9-13-18)19(14-15-24(25,26)27)21(28)30-16-17-10-6-4-7-11-17/h4-13,19-20H,14-16H2,1-3H3. The van der Waals surface area contributed by atoms with E-state index in [2.05, 4.69) is 0 Å². The summed E-state index contributed by atoms with van der Waals surface area (Å²) in [6.45, 7) is 4.88. The Bertz CT molecular complexity index is 843. The molecule has 7 heteroatoms. The van der Waals surface area contributed by atoms with Crippen molar-refractivity contribution in [1.82, 2.24) is 0 Å². The molecule has 4 nitrogen and oxygen atoms in total. The normalized spacial score (nSPS) is 13.9. The van der Waals surface area contributed by atoms with Crippen LogP contribution < -0.4 is 0 Å². The van der Waals surface area contributed by atoms with Crippen LogP contribution >= 0.6 is 0 Å². The highest BCUT2D eigenvalue weighted by molar-refractivity contribution is 5.86. The number of carbonyl (C=O) groups is 2. The van der Waals surface area contributed by atoms with E-state index in [4.69, 9.17) is 9.47 Å². The Labute approximate surface area is 180 Å². The number of benzene rings is 2. The van der Waals surface area contributed by atoms with E-state index < -0.39 is 48.4 Å². The molecule has 31 heavy (non-hydrogen) atoms. The second-order valence-corrected chi connectivity index (χ2v) is 8.28. The summed E-state index contributed by atoms with van der Waals surface area (Å²) in [5.74, 6) is -4.19. The second kappa shape index (κ2) is 10.5. The van der Waals surface area contributed by atoms with Crippen LogP contribution in [0.1, 0.15) is 50.7 Å². The van der Waals surface area contributed by atoms with Gasteiger partial charge in [0.2, 0.25) is 0 Å². The molecule has 0 N–H and O–H groups in total. The average molecular weight is 436 g/mol. The van der Waals surface area contributed by atoms with E-state index in [0.29, 0.717) is 11.1 Å². The third-order valence-electron chi connectivity index (χ3n) is 4.49. The van der Waals surface area contributed by atoms with Crippen molar-refractivity contribution in [3.05, 3.63) is 71.8 Å². The number of carbonyl (C=O) groups excluding carboxylic acids is 2. The van der Waals surface area contributed by atoms with Crippen LogP contribution in [-0.4, -0.2) is 23.7 Å². The van der Waals surface area contributed by atoms with Gasteiger partial charge in [-0.3, -0.25) is 9.59 Å². The number of hydrogen-bond donors (Lipinski definition) is 0. The summed E-state index contributed by atoms with van der Waals surface area (Å²) >= 11 is 0. The predicted octanol–water partition coefficient (Wildman–Crippen LogP) is 5.81. The van der Waals surface area contributed by atoms with Crippen molar-refractivity contribution in [1.29, 1.82) is 0 Å². The van der Waals surface area contributed by atoms with E-state index >= 15 is 0 Å². The van der Waals surface area contributed by atoms with Gasteiger partial charge in [-0.1, -0.05) is 60.7 Å². The van der Waals surface area contributed by atoms with E-state index in [0.717, 1.165) is 0 Å². The molecule has 0 aliphatic carbocycles. The summed E-state index contributed by atoms with van der Waals surface area (Å²) < 4.78 is 49.8. The monoisotopic (exact) mass is 436 g/mol. The first-order chi connectivity index (χ1) is 14.5. The first kappa shape index (κ1) is 24.4. The van der Waals surface area contributed by atoms with Crippen molar-refractivity contribution in [2.75, 3.05) is 0 Å². The highest BCUT2D eigenvalue weighted by Gasteiger charge is 2.41. The fourth-order valence-electron chi connectivity index (χ4n) is 3.13. The molecule has 168 valence electrons. The molecular weight excluding hydrogens is 409 g/mol. The van der Waals surface area contributed by atoms with Crippen LogP contribution in [0.5, 0.6) is 0 Å². The van der Waals surface area contributed by atoms with Gasteiger partial charge in [-0.2, -0.15) is 13.2 Å². The lowest BCUT2D eigenvalue weighted by Crippen LogP contribution is -2.35. The molecule has 0 aliphatic heterocycles. The van der Waals surface area contributed by atoms with E-state index in [1.165, 1.54) is 0 Å². The molecule has 2 rings (SSSR count). The lowest BCUT2D eigenvalue weighted by Gasteiger charge is -2.29. The predicted molar refractivity (Wildman–Crippen MR) is 110 cm³/mol. The number of rotatable bonds is 8. The summed E-state index contributed by atoms with van der Waals surface area (Å²) in [5.41, 5.74) is 0.228. The number of esters is 2. The quantitative estimate of drug-likeness (QED) is 0.490. The zero-order valence-corrected chi connectivity index (χ0v) is 17.8. The van der Waals surface area contributed by atoms with Gasteiger partial charge in [0.1, 0.15) is 12.2 Å². The van der Waals surface area contributed by atoms with Crippen LogP contribution in [0.25, 0.3) is 0 Å². The summed E-state index contributed by atoms with van der Waals surface area (Å²) in [5, 5.41) is 0. The number of alkyl halides is 3. The SMILES string of the molecule is CC(C)(C)OC(=O)C(c1ccccc1)C(CCC(F)(F)F)C(=O)OCc1ccccc1.